The number of amides is 1. The zero-order valence-corrected chi connectivity index (χ0v) is 19.6. The number of carbonyl (C=O) groups is 2. The first kappa shape index (κ1) is 22.6. The van der Waals surface area contributed by atoms with Crippen molar-refractivity contribution in [2.45, 2.75) is 31.2 Å². The summed E-state index contributed by atoms with van der Waals surface area (Å²) in [6.07, 6.45) is 0. The number of nitrogens with one attached hydrogen (secondary N) is 1. The molecule has 0 bridgehead atoms. The van der Waals surface area contributed by atoms with Crippen LogP contribution in [0.25, 0.3) is 16.7 Å². The quantitative estimate of drug-likeness (QED) is 0.268. The van der Waals surface area contributed by atoms with Gasteiger partial charge in [0.25, 0.3) is 0 Å². The number of Topliss-reactive ketones (excluding diaryl/α,β-unsaturated/α-hetero) is 1. The molecule has 4 aromatic rings. The van der Waals surface area contributed by atoms with Crippen LogP contribution in [0.3, 0.4) is 0 Å². The van der Waals surface area contributed by atoms with Crippen LogP contribution in [0.5, 0.6) is 5.75 Å². The van der Waals surface area contributed by atoms with E-state index >= 15 is 0 Å². The van der Waals surface area contributed by atoms with Crippen molar-refractivity contribution in [2.24, 2.45) is 0 Å². The highest BCUT2D eigenvalue weighted by atomic mass is 32.2. The summed E-state index contributed by atoms with van der Waals surface area (Å²) in [5.41, 5.74) is 3.92. The fourth-order valence-corrected chi connectivity index (χ4v) is 4.40. The van der Waals surface area contributed by atoms with E-state index in [9.17, 15) is 9.59 Å². The molecular weight excluding hydrogens is 434 g/mol. The summed E-state index contributed by atoms with van der Waals surface area (Å²) in [7, 11) is 0. The Kier molecular flexibility index (Phi) is 6.79. The van der Waals surface area contributed by atoms with Crippen molar-refractivity contribution in [3.05, 3.63) is 78.4 Å². The zero-order chi connectivity index (χ0) is 23.4. The molecule has 7 heteroatoms. The van der Waals surface area contributed by atoms with Gasteiger partial charge in [0.15, 0.2) is 10.9 Å². The molecule has 168 valence electrons. The highest BCUT2D eigenvalue weighted by Gasteiger charge is 2.20. The maximum absolute atomic E-state index is 12.9. The SMILES string of the molecule is CCOc1ccc(-n2c(S[C@H](C)C(=O)Nc3cccc(C(C)=O)c3)nc3ccccc32)cc1. The first-order valence-electron chi connectivity index (χ1n) is 10.8. The lowest BCUT2D eigenvalue weighted by atomic mass is 10.1. The molecule has 33 heavy (non-hydrogen) atoms. The van der Waals surface area contributed by atoms with Crippen molar-refractivity contribution >= 4 is 40.2 Å². The highest BCUT2D eigenvalue weighted by molar-refractivity contribution is 8.00. The summed E-state index contributed by atoms with van der Waals surface area (Å²) in [6, 6.07) is 22.7. The molecule has 0 saturated heterocycles. The normalized spacial score (nSPS) is 11.8. The second-order valence-corrected chi connectivity index (χ2v) is 8.84. The van der Waals surface area contributed by atoms with Crippen LogP contribution in [0.15, 0.2) is 78.0 Å². The standard InChI is InChI=1S/C26H25N3O3S/c1-4-32-22-14-12-21(13-15-22)29-24-11-6-5-10-23(24)28-26(29)33-18(3)25(31)27-20-9-7-8-19(16-20)17(2)30/h5-16,18H,4H2,1-3H3,(H,27,31)/t18-/m1/s1. The number of fused-ring (bicyclic) bond motifs is 1. The Labute approximate surface area is 197 Å². The summed E-state index contributed by atoms with van der Waals surface area (Å²) in [5, 5.41) is 3.22. The average molecular weight is 460 g/mol. The lowest BCUT2D eigenvalue weighted by Crippen LogP contribution is -2.23. The van der Waals surface area contributed by atoms with E-state index in [2.05, 4.69) is 9.88 Å². The van der Waals surface area contributed by atoms with Crippen LogP contribution in [-0.4, -0.2) is 33.1 Å². The Hall–Kier alpha value is -3.58. The summed E-state index contributed by atoms with van der Waals surface area (Å²) in [6.45, 7) is 5.91. The van der Waals surface area contributed by atoms with Gasteiger partial charge in [-0.3, -0.25) is 14.2 Å². The van der Waals surface area contributed by atoms with Crippen molar-refractivity contribution in [2.75, 3.05) is 11.9 Å². The van der Waals surface area contributed by atoms with Gasteiger partial charge in [0.1, 0.15) is 5.75 Å². The van der Waals surface area contributed by atoms with Gasteiger partial charge >= 0.3 is 0 Å². The first-order chi connectivity index (χ1) is 16.0. The number of imidazole rings is 1. The molecule has 1 atom stereocenters. The average Bonchev–Trinajstić information content (AvgIpc) is 3.17. The van der Waals surface area contributed by atoms with Crippen molar-refractivity contribution in [3.8, 4) is 11.4 Å². The van der Waals surface area contributed by atoms with Crippen LogP contribution in [0, 0.1) is 0 Å². The van der Waals surface area contributed by atoms with Gasteiger partial charge in [0.2, 0.25) is 5.91 Å². The van der Waals surface area contributed by atoms with Gasteiger partial charge in [-0.15, -0.1) is 0 Å². The Morgan fingerprint density at radius 3 is 2.55 bits per heavy atom. The maximum atomic E-state index is 12.9. The molecule has 0 unspecified atom stereocenters. The molecular formula is C26H25N3O3S. The van der Waals surface area contributed by atoms with Gasteiger partial charge in [-0.1, -0.05) is 36.0 Å². The van der Waals surface area contributed by atoms with E-state index < -0.39 is 5.25 Å². The number of rotatable bonds is 8. The number of para-hydroxylation sites is 2. The monoisotopic (exact) mass is 459 g/mol. The molecule has 0 aliphatic rings. The number of carbonyl (C=O) groups excluding carboxylic acids is 2. The van der Waals surface area contributed by atoms with Crippen LogP contribution < -0.4 is 10.1 Å². The molecule has 1 amide bonds. The van der Waals surface area contributed by atoms with Gasteiger partial charge in [-0.2, -0.15) is 0 Å². The molecule has 0 fully saturated rings. The minimum atomic E-state index is -0.413. The van der Waals surface area contributed by atoms with Gasteiger partial charge in [0, 0.05) is 16.9 Å². The van der Waals surface area contributed by atoms with Crippen LogP contribution in [0.2, 0.25) is 0 Å². The number of aromatic nitrogens is 2. The van der Waals surface area contributed by atoms with Crippen molar-refractivity contribution in [3.63, 3.8) is 0 Å². The fraction of sp³-hybridized carbons (Fsp3) is 0.192. The molecule has 0 saturated carbocycles. The summed E-state index contributed by atoms with van der Waals surface area (Å²) in [4.78, 5) is 29.3. The predicted octanol–water partition coefficient (Wildman–Crippen LogP) is 5.75. The molecule has 0 spiro atoms. The zero-order valence-electron chi connectivity index (χ0n) is 18.7. The number of ketones is 1. The Morgan fingerprint density at radius 1 is 1.06 bits per heavy atom. The number of anilines is 1. The largest absolute Gasteiger partial charge is 0.494 e. The Balaban J connectivity index is 1.60. The van der Waals surface area contributed by atoms with Gasteiger partial charge in [-0.05, 0) is 69.3 Å². The van der Waals surface area contributed by atoms with Crippen molar-refractivity contribution < 1.29 is 14.3 Å². The molecule has 1 aromatic heterocycles. The smallest absolute Gasteiger partial charge is 0.237 e. The number of benzene rings is 3. The fourth-order valence-electron chi connectivity index (χ4n) is 3.46. The number of ether oxygens (including phenoxy) is 1. The third-order valence-electron chi connectivity index (χ3n) is 5.12. The number of nitrogens with zero attached hydrogens (tertiary/aromatic N) is 2. The van der Waals surface area contributed by atoms with E-state index in [1.165, 1.54) is 18.7 Å². The number of hydrogen-bond donors (Lipinski definition) is 1. The Bertz CT molecular complexity index is 1300. The summed E-state index contributed by atoms with van der Waals surface area (Å²) < 4.78 is 7.62. The lowest BCUT2D eigenvalue weighted by Gasteiger charge is -2.14. The lowest BCUT2D eigenvalue weighted by molar-refractivity contribution is -0.115. The minimum Gasteiger partial charge on any atom is -0.494 e. The minimum absolute atomic E-state index is 0.0439. The maximum Gasteiger partial charge on any atom is 0.237 e. The molecule has 0 aliphatic carbocycles. The summed E-state index contributed by atoms with van der Waals surface area (Å²) >= 11 is 1.38. The molecule has 0 aliphatic heterocycles. The third kappa shape index (κ3) is 5.09. The van der Waals surface area contributed by atoms with Gasteiger partial charge in [0.05, 0.1) is 22.9 Å². The topological polar surface area (TPSA) is 73.2 Å². The van der Waals surface area contributed by atoms with Crippen molar-refractivity contribution in [1.82, 2.24) is 9.55 Å². The van der Waals surface area contributed by atoms with Crippen LogP contribution in [0.4, 0.5) is 5.69 Å². The van der Waals surface area contributed by atoms with E-state index in [0.29, 0.717) is 17.9 Å². The van der Waals surface area contributed by atoms with Crippen LogP contribution in [0.1, 0.15) is 31.1 Å². The van der Waals surface area contributed by atoms with E-state index in [1.807, 2.05) is 62.4 Å². The highest BCUT2D eigenvalue weighted by Crippen LogP contribution is 2.31. The van der Waals surface area contributed by atoms with Gasteiger partial charge < -0.3 is 10.1 Å². The van der Waals surface area contributed by atoms with Crippen molar-refractivity contribution in [1.29, 1.82) is 0 Å². The summed E-state index contributed by atoms with van der Waals surface area (Å²) in [5.74, 6) is 0.601. The van der Waals surface area contributed by atoms with E-state index in [-0.39, 0.29) is 11.7 Å². The van der Waals surface area contributed by atoms with Gasteiger partial charge in [-0.25, -0.2) is 4.98 Å². The molecule has 4 rings (SSSR count). The Morgan fingerprint density at radius 2 is 1.82 bits per heavy atom. The second kappa shape index (κ2) is 9.92. The first-order valence-corrected chi connectivity index (χ1v) is 11.6. The molecule has 6 nitrogen and oxygen atoms in total. The molecule has 1 heterocycles. The number of hydrogen-bond acceptors (Lipinski definition) is 5. The second-order valence-electron chi connectivity index (χ2n) is 7.53. The van der Waals surface area contributed by atoms with E-state index in [1.54, 1.807) is 24.3 Å². The molecule has 0 radical (unpaired) electrons. The third-order valence-corrected chi connectivity index (χ3v) is 6.18. The van der Waals surface area contributed by atoms with Crippen LogP contribution in [-0.2, 0) is 4.79 Å². The van der Waals surface area contributed by atoms with E-state index in [0.717, 1.165) is 27.6 Å². The number of thioether (sulfide) groups is 1. The molecule has 3 aromatic carbocycles. The molecule has 1 N–H and O–H groups in total. The van der Waals surface area contributed by atoms with Crippen LogP contribution >= 0.6 is 11.8 Å². The van der Waals surface area contributed by atoms with E-state index in [4.69, 9.17) is 9.72 Å². The predicted molar refractivity (Wildman–Crippen MR) is 133 cm³/mol.